The highest BCUT2D eigenvalue weighted by molar-refractivity contribution is 14.1. The van der Waals surface area contributed by atoms with Crippen molar-refractivity contribution in [2.24, 2.45) is 5.10 Å². The molecule has 44 heavy (non-hydrogen) atoms. The first-order valence-electron chi connectivity index (χ1n) is 13.1. The molecule has 0 spiro atoms. The van der Waals surface area contributed by atoms with Gasteiger partial charge in [0.15, 0.2) is 11.7 Å². The maximum Gasteiger partial charge on any atom is 0.338 e. The van der Waals surface area contributed by atoms with Crippen LogP contribution in [0.25, 0.3) is 0 Å². The maximum atomic E-state index is 12.8. The van der Waals surface area contributed by atoms with Crippen molar-refractivity contribution >= 4 is 104 Å². The van der Waals surface area contributed by atoms with Crippen molar-refractivity contribution in [3.8, 4) is 11.5 Å². The normalized spacial score (nSPS) is 14.6. The van der Waals surface area contributed by atoms with Crippen LogP contribution in [-0.4, -0.2) is 36.4 Å². The number of benzene rings is 3. The minimum absolute atomic E-state index is 0.220. The van der Waals surface area contributed by atoms with E-state index in [-0.39, 0.29) is 19.8 Å². The largest absolute Gasteiger partial charge is 0.487 e. The Labute approximate surface area is 297 Å². The van der Waals surface area contributed by atoms with Crippen LogP contribution >= 0.6 is 80.6 Å². The number of nitrogens with zero attached hydrogens (tertiary/aromatic N) is 1. The summed E-state index contributed by atoms with van der Waals surface area (Å²) >= 11 is 21.9. The van der Waals surface area contributed by atoms with Crippen molar-refractivity contribution in [2.75, 3.05) is 13.2 Å². The van der Waals surface area contributed by atoms with Gasteiger partial charge >= 0.3 is 5.97 Å². The zero-order chi connectivity index (χ0) is 31.8. The third-order valence-corrected chi connectivity index (χ3v) is 8.53. The number of rotatable bonds is 11. The number of carbonyl (C=O) groups is 2. The van der Waals surface area contributed by atoms with E-state index >= 15 is 0 Å². The third kappa shape index (κ3) is 8.96. The van der Waals surface area contributed by atoms with Gasteiger partial charge in [0.05, 0.1) is 38.1 Å². The van der Waals surface area contributed by atoms with Crippen LogP contribution in [0.5, 0.6) is 11.5 Å². The van der Waals surface area contributed by atoms with Crippen LogP contribution in [0.4, 0.5) is 0 Å². The SMILES string of the molecule is CCOC(=O)C1=C(C)NC(=S)N[C@H]1c1ccccc1OCC(=O)NN=Cc1cc(I)cc(I)c1OCc1ccc(Cl)c(Cl)c1. The molecule has 0 unspecified atom stereocenters. The molecule has 1 aliphatic heterocycles. The number of esters is 1. The lowest BCUT2D eigenvalue weighted by Crippen LogP contribution is -2.45. The molecule has 1 atom stereocenters. The molecule has 0 radical (unpaired) electrons. The minimum atomic E-state index is -0.634. The first kappa shape index (κ1) is 34.2. The van der Waals surface area contributed by atoms with Crippen molar-refractivity contribution in [3.05, 3.63) is 99.7 Å². The summed E-state index contributed by atoms with van der Waals surface area (Å²) in [4.78, 5) is 25.5. The predicted octanol–water partition coefficient (Wildman–Crippen LogP) is 6.67. The lowest BCUT2D eigenvalue weighted by Gasteiger charge is -2.30. The van der Waals surface area contributed by atoms with Crippen molar-refractivity contribution in [1.29, 1.82) is 0 Å². The molecular formula is C30H26Cl2I2N4O5S. The number of nitrogens with one attached hydrogen (secondary N) is 3. The van der Waals surface area contributed by atoms with Crippen molar-refractivity contribution in [2.45, 2.75) is 26.5 Å². The smallest absolute Gasteiger partial charge is 0.338 e. The third-order valence-electron chi connectivity index (χ3n) is 6.15. The molecule has 230 valence electrons. The van der Waals surface area contributed by atoms with Gasteiger partial charge in [-0.25, -0.2) is 10.2 Å². The summed E-state index contributed by atoms with van der Waals surface area (Å²) in [6.07, 6.45) is 1.51. The van der Waals surface area contributed by atoms with Crippen LogP contribution in [0.1, 0.15) is 36.6 Å². The van der Waals surface area contributed by atoms with Crippen LogP contribution in [0, 0.1) is 7.14 Å². The quantitative estimate of drug-likeness (QED) is 0.0646. The molecule has 0 fully saturated rings. The monoisotopic (exact) mass is 878 g/mol. The predicted molar refractivity (Wildman–Crippen MR) is 191 cm³/mol. The molecule has 0 aromatic heterocycles. The highest BCUT2D eigenvalue weighted by Gasteiger charge is 2.32. The number of thiocarbonyl (C=S) groups is 1. The molecule has 0 saturated carbocycles. The lowest BCUT2D eigenvalue weighted by atomic mass is 9.95. The fraction of sp³-hybridized carbons (Fsp3) is 0.200. The summed E-state index contributed by atoms with van der Waals surface area (Å²) in [6.45, 7) is 3.64. The number of ether oxygens (including phenoxy) is 3. The highest BCUT2D eigenvalue weighted by Crippen LogP contribution is 2.34. The summed E-state index contributed by atoms with van der Waals surface area (Å²) < 4.78 is 19.1. The van der Waals surface area contributed by atoms with Gasteiger partial charge in [-0.1, -0.05) is 47.5 Å². The molecule has 1 heterocycles. The lowest BCUT2D eigenvalue weighted by molar-refractivity contribution is -0.139. The molecule has 0 aliphatic carbocycles. The molecule has 0 saturated heterocycles. The molecule has 14 heteroatoms. The molecule has 1 aliphatic rings. The fourth-order valence-corrected chi connectivity index (χ4v) is 6.86. The van der Waals surface area contributed by atoms with E-state index in [4.69, 9.17) is 49.6 Å². The van der Waals surface area contributed by atoms with E-state index in [1.54, 1.807) is 50.2 Å². The fourth-order valence-electron chi connectivity index (χ4n) is 4.22. The van der Waals surface area contributed by atoms with E-state index in [9.17, 15) is 9.59 Å². The molecule has 4 rings (SSSR count). The number of amides is 1. The standard InChI is InChI=1S/C30H26Cl2I2N4O5S/c1-3-41-29(40)26-16(2)36-30(44)37-27(26)20-6-4-5-7-24(20)42-15-25(39)38-35-13-18-11-19(33)12-23(34)28(18)43-14-17-8-9-21(31)22(32)10-17/h4-13,27H,3,14-15H2,1-2H3,(H,38,39)(H2,36,37,44)/t27-/m0/s1. The van der Waals surface area contributed by atoms with E-state index in [2.05, 4.69) is 66.3 Å². The van der Waals surface area contributed by atoms with E-state index < -0.39 is 17.9 Å². The second-order valence-electron chi connectivity index (χ2n) is 9.25. The van der Waals surface area contributed by atoms with Gasteiger partial charge in [0.2, 0.25) is 0 Å². The highest BCUT2D eigenvalue weighted by atomic mass is 127. The van der Waals surface area contributed by atoms with Crippen LogP contribution in [-0.2, 0) is 20.9 Å². The van der Waals surface area contributed by atoms with Gasteiger partial charge in [0.1, 0.15) is 18.1 Å². The Morgan fingerprint density at radius 3 is 2.61 bits per heavy atom. The Balaban J connectivity index is 1.44. The topological polar surface area (TPSA) is 110 Å². The Morgan fingerprint density at radius 1 is 1.09 bits per heavy atom. The Hall–Kier alpha value is -2.66. The summed E-state index contributed by atoms with van der Waals surface area (Å²) in [5.74, 6) is 0.0349. The second kappa shape index (κ2) is 16.1. The van der Waals surface area contributed by atoms with Crippen molar-refractivity contribution < 1.29 is 23.8 Å². The zero-order valence-corrected chi connectivity index (χ0v) is 30.0. The average molecular weight is 879 g/mol. The van der Waals surface area contributed by atoms with Crippen molar-refractivity contribution in [3.63, 3.8) is 0 Å². The molecule has 3 N–H and O–H groups in total. The molecule has 1 amide bonds. The first-order valence-corrected chi connectivity index (χ1v) is 16.4. The van der Waals surface area contributed by atoms with Gasteiger partial charge in [0, 0.05) is 20.4 Å². The number of para-hydroxylation sites is 1. The number of carbonyl (C=O) groups excluding carboxylic acids is 2. The number of hydrogen-bond donors (Lipinski definition) is 3. The summed E-state index contributed by atoms with van der Waals surface area (Å²) in [6, 6.07) is 15.6. The first-order chi connectivity index (χ1) is 21.1. The Kier molecular flexibility index (Phi) is 12.5. The molecule has 0 bridgehead atoms. The zero-order valence-electron chi connectivity index (χ0n) is 23.4. The number of allylic oxidation sites excluding steroid dienone is 1. The van der Waals surface area contributed by atoms with E-state index in [1.807, 2.05) is 18.2 Å². The number of hydrogen-bond acceptors (Lipinski definition) is 7. The Bertz CT molecular complexity index is 1650. The molecule has 9 nitrogen and oxygen atoms in total. The summed E-state index contributed by atoms with van der Waals surface area (Å²) in [5, 5.41) is 11.5. The number of halogens is 4. The van der Waals surface area contributed by atoms with Crippen LogP contribution in [0.3, 0.4) is 0 Å². The van der Waals surface area contributed by atoms with Gasteiger partial charge in [-0.3, -0.25) is 4.79 Å². The average Bonchev–Trinajstić information content (AvgIpc) is 2.97. The molecular weight excluding hydrogens is 853 g/mol. The van der Waals surface area contributed by atoms with Crippen LogP contribution in [0.15, 0.2) is 71.0 Å². The van der Waals surface area contributed by atoms with Gasteiger partial charge in [0.25, 0.3) is 5.91 Å². The Morgan fingerprint density at radius 2 is 1.86 bits per heavy atom. The van der Waals surface area contributed by atoms with Gasteiger partial charge in [-0.05, 0) is 107 Å². The van der Waals surface area contributed by atoms with Crippen LogP contribution < -0.4 is 25.5 Å². The summed E-state index contributed by atoms with van der Waals surface area (Å²) in [7, 11) is 0. The van der Waals surface area contributed by atoms with E-state index in [0.717, 1.165) is 12.7 Å². The summed E-state index contributed by atoms with van der Waals surface area (Å²) in [5.41, 5.74) is 5.58. The van der Waals surface area contributed by atoms with E-state index in [1.165, 1.54) is 6.21 Å². The van der Waals surface area contributed by atoms with Gasteiger partial charge in [-0.15, -0.1) is 0 Å². The van der Waals surface area contributed by atoms with Gasteiger partial charge < -0.3 is 24.8 Å². The molecule has 3 aromatic rings. The number of hydrazone groups is 1. The second-order valence-corrected chi connectivity index (χ2v) is 12.9. The van der Waals surface area contributed by atoms with E-state index in [0.29, 0.717) is 49.1 Å². The van der Waals surface area contributed by atoms with Crippen LogP contribution in [0.2, 0.25) is 10.0 Å². The van der Waals surface area contributed by atoms with Gasteiger partial charge in [-0.2, -0.15) is 5.10 Å². The van der Waals surface area contributed by atoms with Crippen molar-refractivity contribution in [1.82, 2.24) is 16.1 Å². The minimum Gasteiger partial charge on any atom is -0.487 e. The maximum absolute atomic E-state index is 12.8. The molecule has 3 aromatic carbocycles.